The zero-order valence-electron chi connectivity index (χ0n) is 11.9. The summed E-state index contributed by atoms with van der Waals surface area (Å²) in [5.74, 6) is -3.53. The molecule has 3 aliphatic heterocycles. The van der Waals surface area contributed by atoms with E-state index in [0.717, 1.165) is 0 Å². The molecule has 1 spiro atoms. The highest BCUT2D eigenvalue weighted by Crippen LogP contribution is 2.52. The van der Waals surface area contributed by atoms with E-state index in [0.29, 0.717) is 0 Å². The number of fused-ring (bicyclic) bond motifs is 1. The van der Waals surface area contributed by atoms with Gasteiger partial charge in [0.15, 0.2) is 0 Å². The number of carbonyl (C=O) groups excluding carboxylic acids is 1. The molecule has 0 saturated carbocycles. The number of hydrogen-bond donors (Lipinski definition) is 1. The van der Waals surface area contributed by atoms with Crippen molar-refractivity contribution in [2.24, 2.45) is 11.8 Å². The van der Waals surface area contributed by atoms with Crippen molar-refractivity contribution in [2.45, 2.75) is 18.2 Å². The predicted molar refractivity (Wildman–Crippen MR) is 78.2 cm³/mol. The lowest BCUT2D eigenvalue weighted by atomic mass is 9.77. The third-order valence-corrected chi connectivity index (χ3v) is 5.23. The highest BCUT2D eigenvalue weighted by molar-refractivity contribution is 6.31. The van der Waals surface area contributed by atoms with Crippen LogP contribution >= 0.6 is 11.6 Å². The molecule has 3 heterocycles. The van der Waals surface area contributed by atoms with Crippen molar-refractivity contribution in [3.05, 3.63) is 46.8 Å². The van der Waals surface area contributed by atoms with Gasteiger partial charge in [0.2, 0.25) is 5.91 Å². The molecule has 0 aliphatic carbocycles. The van der Waals surface area contributed by atoms with Crippen LogP contribution in [-0.2, 0) is 20.9 Å². The van der Waals surface area contributed by atoms with Crippen LogP contribution in [0.5, 0.6) is 0 Å². The minimum absolute atomic E-state index is 0.00318. The van der Waals surface area contributed by atoms with Gasteiger partial charge in [0, 0.05) is 10.6 Å². The molecule has 4 atom stereocenters. The number of amides is 1. The van der Waals surface area contributed by atoms with Crippen LogP contribution in [0.15, 0.2) is 30.4 Å². The minimum atomic E-state index is -1.05. The number of hydrogen-bond acceptors (Lipinski definition) is 3. The molecule has 3 aliphatic rings. The van der Waals surface area contributed by atoms with Gasteiger partial charge >= 0.3 is 5.97 Å². The van der Waals surface area contributed by atoms with Crippen LogP contribution in [0.3, 0.4) is 0 Å². The molecule has 5 nitrogen and oxygen atoms in total. The minimum Gasteiger partial charge on any atom is -0.481 e. The van der Waals surface area contributed by atoms with Gasteiger partial charge in [0.25, 0.3) is 0 Å². The summed E-state index contributed by atoms with van der Waals surface area (Å²) in [5, 5.41) is 9.63. The zero-order chi connectivity index (χ0) is 16.4. The SMILES string of the molecule is O=C(O)[C@H]1[C@H]2C=C[C@]3(CN(Cc4c(F)cccc4Cl)C(=O)[C@@H]13)O2. The molecule has 2 bridgehead atoms. The van der Waals surface area contributed by atoms with E-state index in [1.54, 1.807) is 18.2 Å². The van der Waals surface area contributed by atoms with Gasteiger partial charge in [-0.05, 0) is 12.1 Å². The number of nitrogens with zero attached hydrogens (tertiary/aromatic N) is 1. The van der Waals surface area contributed by atoms with E-state index >= 15 is 0 Å². The Hall–Kier alpha value is -1.92. The number of carbonyl (C=O) groups is 2. The molecule has 4 rings (SSSR count). The number of likely N-dealkylation sites (tertiary alicyclic amines) is 1. The third kappa shape index (κ3) is 1.95. The number of rotatable bonds is 3. The first-order valence-electron chi connectivity index (χ1n) is 7.24. The molecule has 1 aromatic rings. The summed E-state index contributed by atoms with van der Waals surface area (Å²) in [6.07, 6.45) is 2.89. The van der Waals surface area contributed by atoms with Crippen molar-refractivity contribution >= 4 is 23.5 Å². The Kier molecular flexibility index (Phi) is 3.05. The monoisotopic (exact) mass is 337 g/mol. The number of carboxylic acids is 1. The second kappa shape index (κ2) is 4.79. The second-order valence-electron chi connectivity index (χ2n) is 6.13. The van der Waals surface area contributed by atoms with Gasteiger partial charge in [-0.2, -0.15) is 0 Å². The molecular formula is C16H13ClFNO4. The summed E-state index contributed by atoms with van der Waals surface area (Å²) >= 11 is 6.01. The lowest BCUT2D eigenvalue weighted by molar-refractivity contribution is -0.148. The van der Waals surface area contributed by atoms with Crippen molar-refractivity contribution in [3.8, 4) is 0 Å². The largest absolute Gasteiger partial charge is 0.481 e. The summed E-state index contributed by atoms with van der Waals surface area (Å²) in [7, 11) is 0. The molecule has 2 saturated heterocycles. The Morgan fingerprint density at radius 1 is 1.52 bits per heavy atom. The second-order valence-corrected chi connectivity index (χ2v) is 6.54. The molecule has 1 aromatic carbocycles. The Labute approximate surface area is 136 Å². The molecule has 2 fully saturated rings. The van der Waals surface area contributed by atoms with Crippen molar-refractivity contribution in [3.63, 3.8) is 0 Å². The Morgan fingerprint density at radius 2 is 2.30 bits per heavy atom. The summed E-state index contributed by atoms with van der Waals surface area (Å²) in [4.78, 5) is 25.6. The quantitative estimate of drug-likeness (QED) is 0.855. The third-order valence-electron chi connectivity index (χ3n) is 4.87. The highest BCUT2D eigenvalue weighted by atomic mass is 35.5. The van der Waals surface area contributed by atoms with Crippen LogP contribution in [-0.4, -0.2) is 40.1 Å². The molecule has 1 amide bonds. The number of halogens is 2. The van der Waals surface area contributed by atoms with Gasteiger partial charge in [0.1, 0.15) is 17.3 Å². The van der Waals surface area contributed by atoms with E-state index in [2.05, 4.69) is 0 Å². The fourth-order valence-electron chi connectivity index (χ4n) is 3.87. The van der Waals surface area contributed by atoms with Gasteiger partial charge in [-0.3, -0.25) is 9.59 Å². The lowest BCUT2D eigenvalue weighted by Gasteiger charge is -2.22. The van der Waals surface area contributed by atoms with E-state index in [9.17, 15) is 19.1 Å². The van der Waals surface area contributed by atoms with Gasteiger partial charge < -0.3 is 14.7 Å². The van der Waals surface area contributed by atoms with E-state index < -0.39 is 35.3 Å². The average molecular weight is 338 g/mol. The highest BCUT2D eigenvalue weighted by Gasteiger charge is 2.67. The first-order valence-corrected chi connectivity index (χ1v) is 7.62. The fraction of sp³-hybridized carbons (Fsp3) is 0.375. The maximum Gasteiger partial charge on any atom is 0.310 e. The Morgan fingerprint density at radius 3 is 3.00 bits per heavy atom. The number of ether oxygens (including phenoxy) is 1. The number of aliphatic carboxylic acids is 1. The summed E-state index contributed by atoms with van der Waals surface area (Å²) in [6, 6.07) is 4.33. The molecule has 7 heteroatoms. The maximum absolute atomic E-state index is 13.9. The van der Waals surface area contributed by atoms with Gasteiger partial charge in [-0.15, -0.1) is 0 Å². The smallest absolute Gasteiger partial charge is 0.310 e. The van der Waals surface area contributed by atoms with Crippen LogP contribution < -0.4 is 0 Å². The van der Waals surface area contributed by atoms with Crippen molar-refractivity contribution < 1.29 is 23.8 Å². The summed E-state index contributed by atoms with van der Waals surface area (Å²) < 4.78 is 19.7. The standard InChI is InChI=1S/C16H13ClFNO4/c17-9-2-1-3-10(18)8(9)6-19-7-16-5-4-11(23-16)12(15(21)22)13(16)14(19)20/h1-5,11-13H,6-7H2,(H,21,22)/t11-,12+,13-,16-/m1/s1. The topological polar surface area (TPSA) is 66.8 Å². The van der Waals surface area contributed by atoms with Crippen molar-refractivity contribution in [2.75, 3.05) is 6.54 Å². The van der Waals surface area contributed by atoms with Crippen LogP contribution in [0.1, 0.15) is 5.56 Å². The van der Waals surface area contributed by atoms with Crippen LogP contribution in [0.2, 0.25) is 5.02 Å². The molecule has 120 valence electrons. The lowest BCUT2D eigenvalue weighted by Crippen LogP contribution is -2.39. The molecular weight excluding hydrogens is 325 g/mol. The first-order chi connectivity index (χ1) is 10.9. The molecule has 1 N–H and O–H groups in total. The Balaban J connectivity index is 1.66. The van der Waals surface area contributed by atoms with Crippen LogP contribution in [0.25, 0.3) is 0 Å². The van der Waals surface area contributed by atoms with Crippen LogP contribution in [0, 0.1) is 17.7 Å². The molecule has 0 radical (unpaired) electrons. The van der Waals surface area contributed by atoms with Gasteiger partial charge in [0.05, 0.1) is 25.1 Å². The van der Waals surface area contributed by atoms with E-state index in [4.69, 9.17) is 16.3 Å². The zero-order valence-corrected chi connectivity index (χ0v) is 12.7. The summed E-state index contributed by atoms with van der Waals surface area (Å²) in [6.45, 7) is 0.203. The number of benzene rings is 1. The van der Waals surface area contributed by atoms with Crippen molar-refractivity contribution in [1.82, 2.24) is 4.90 Å². The van der Waals surface area contributed by atoms with Crippen molar-refractivity contribution in [1.29, 1.82) is 0 Å². The predicted octanol–water partition coefficient (Wildman–Crippen LogP) is 1.85. The van der Waals surface area contributed by atoms with E-state index in [1.165, 1.54) is 17.0 Å². The first kappa shape index (κ1) is 14.7. The van der Waals surface area contributed by atoms with Gasteiger partial charge in [-0.1, -0.05) is 29.8 Å². The molecule has 23 heavy (non-hydrogen) atoms. The average Bonchev–Trinajstić information content (AvgIpc) is 3.12. The van der Waals surface area contributed by atoms with Crippen LogP contribution in [0.4, 0.5) is 4.39 Å². The maximum atomic E-state index is 13.9. The molecule has 0 aromatic heterocycles. The van der Waals surface area contributed by atoms with E-state index in [1.807, 2.05) is 0 Å². The fourth-order valence-corrected chi connectivity index (χ4v) is 4.09. The van der Waals surface area contributed by atoms with E-state index in [-0.39, 0.29) is 29.6 Å². The Bertz CT molecular complexity index is 731. The molecule has 0 unspecified atom stereocenters. The number of carboxylic acid groups (broad SMARTS) is 1. The summed E-state index contributed by atoms with van der Waals surface area (Å²) in [5.41, 5.74) is -0.688. The normalized spacial score (nSPS) is 34.3. The van der Waals surface area contributed by atoms with Gasteiger partial charge in [-0.25, -0.2) is 4.39 Å².